The van der Waals surface area contributed by atoms with Crippen molar-refractivity contribution >= 4 is 45.6 Å². The van der Waals surface area contributed by atoms with E-state index in [-0.39, 0.29) is 5.91 Å². The molecule has 0 saturated carbocycles. The van der Waals surface area contributed by atoms with Crippen molar-refractivity contribution in [3.05, 3.63) is 108 Å². The zero-order valence-electron chi connectivity index (χ0n) is 24.0. The molecule has 0 spiro atoms. The summed E-state index contributed by atoms with van der Waals surface area (Å²) in [4.78, 5) is 23.8. The van der Waals surface area contributed by atoms with E-state index in [0.29, 0.717) is 37.1 Å². The molecule has 5 rings (SSSR count). The maximum Gasteiger partial charge on any atom is 0.248 e. The number of nitrogens with one attached hydrogen (secondary N) is 4. The number of hydrogen-bond acceptors (Lipinski definition) is 8. The predicted molar refractivity (Wildman–Crippen MR) is 169 cm³/mol. The molecule has 214 valence electrons. The average molecular weight is 562 g/mol. The molecule has 10 heteroatoms. The SMILES string of the molecule is CN(C)C/C=C/C(=O)Nc1cccc(Nc2nc(Nc3ccc4c(cnn4C)c3)ncc2CNCc2ccccc2)c1. The van der Waals surface area contributed by atoms with Gasteiger partial charge in [-0.25, -0.2) is 4.98 Å². The van der Waals surface area contributed by atoms with E-state index in [9.17, 15) is 4.79 Å². The lowest BCUT2D eigenvalue weighted by molar-refractivity contribution is -0.111. The Morgan fingerprint density at radius 2 is 1.71 bits per heavy atom. The Hall–Kier alpha value is -5.06. The van der Waals surface area contributed by atoms with Crippen LogP contribution in [0.25, 0.3) is 10.9 Å². The second-order valence-electron chi connectivity index (χ2n) is 10.2. The Labute approximate surface area is 245 Å². The fraction of sp³-hybridized carbons (Fsp3) is 0.188. The van der Waals surface area contributed by atoms with E-state index < -0.39 is 0 Å². The van der Waals surface area contributed by atoms with Crippen LogP contribution < -0.4 is 21.3 Å². The van der Waals surface area contributed by atoms with Crippen LogP contribution in [0.3, 0.4) is 0 Å². The lowest BCUT2D eigenvalue weighted by Crippen LogP contribution is -2.15. The molecular weight excluding hydrogens is 526 g/mol. The van der Waals surface area contributed by atoms with Gasteiger partial charge in [0, 0.05) is 67.0 Å². The van der Waals surface area contributed by atoms with E-state index in [1.807, 2.05) is 110 Å². The molecule has 2 aromatic heterocycles. The highest BCUT2D eigenvalue weighted by Gasteiger charge is 2.10. The number of carbonyl (C=O) groups is 1. The van der Waals surface area contributed by atoms with Crippen molar-refractivity contribution in [3.8, 4) is 0 Å². The van der Waals surface area contributed by atoms with Crippen LogP contribution in [0, 0.1) is 0 Å². The molecule has 0 atom stereocenters. The molecule has 0 aliphatic carbocycles. The average Bonchev–Trinajstić information content (AvgIpc) is 3.34. The number of nitrogens with zero attached hydrogens (tertiary/aromatic N) is 5. The van der Waals surface area contributed by atoms with Crippen LogP contribution in [-0.2, 0) is 24.9 Å². The number of likely N-dealkylation sites (N-methyl/N-ethyl adjacent to an activating group) is 1. The minimum Gasteiger partial charge on any atom is -0.340 e. The number of amides is 1. The third-order valence-corrected chi connectivity index (χ3v) is 6.49. The van der Waals surface area contributed by atoms with E-state index in [0.717, 1.165) is 27.8 Å². The first-order valence-corrected chi connectivity index (χ1v) is 13.7. The second-order valence-corrected chi connectivity index (χ2v) is 10.2. The van der Waals surface area contributed by atoms with Gasteiger partial charge in [-0.15, -0.1) is 0 Å². The van der Waals surface area contributed by atoms with Crippen LogP contribution in [0.5, 0.6) is 0 Å². The molecule has 0 unspecified atom stereocenters. The third-order valence-electron chi connectivity index (χ3n) is 6.49. The van der Waals surface area contributed by atoms with Gasteiger partial charge in [0.25, 0.3) is 0 Å². The van der Waals surface area contributed by atoms with Gasteiger partial charge in [-0.3, -0.25) is 9.48 Å². The number of anilines is 5. The Kier molecular flexibility index (Phi) is 9.17. The number of aromatic nitrogens is 4. The van der Waals surface area contributed by atoms with Gasteiger partial charge in [0.1, 0.15) is 5.82 Å². The summed E-state index contributed by atoms with van der Waals surface area (Å²) < 4.78 is 1.84. The van der Waals surface area contributed by atoms with Crippen LogP contribution in [0.15, 0.2) is 97.3 Å². The number of rotatable bonds is 12. The molecule has 0 bridgehead atoms. The monoisotopic (exact) mass is 561 g/mol. The molecule has 4 N–H and O–H groups in total. The minimum absolute atomic E-state index is 0.182. The molecule has 10 nitrogen and oxygen atoms in total. The zero-order chi connectivity index (χ0) is 29.3. The van der Waals surface area contributed by atoms with Gasteiger partial charge in [0.2, 0.25) is 11.9 Å². The number of benzene rings is 3. The number of hydrogen-bond donors (Lipinski definition) is 4. The van der Waals surface area contributed by atoms with Crippen LogP contribution in [0.1, 0.15) is 11.1 Å². The Morgan fingerprint density at radius 1 is 0.905 bits per heavy atom. The van der Waals surface area contributed by atoms with E-state index in [1.54, 1.807) is 6.08 Å². The highest BCUT2D eigenvalue weighted by Crippen LogP contribution is 2.25. The summed E-state index contributed by atoms with van der Waals surface area (Å²) >= 11 is 0. The maximum absolute atomic E-state index is 12.4. The van der Waals surface area contributed by atoms with Crippen molar-refractivity contribution in [3.63, 3.8) is 0 Å². The first-order chi connectivity index (χ1) is 20.4. The van der Waals surface area contributed by atoms with Gasteiger partial charge in [-0.05, 0) is 56.1 Å². The first kappa shape index (κ1) is 28.5. The molecule has 0 fully saturated rings. The summed E-state index contributed by atoms with van der Waals surface area (Å²) in [6.07, 6.45) is 7.02. The molecule has 0 aliphatic heterocycles. The molecule has 1 amide bonds. The van der Waals surface area contributed by atoms with E-state index in [2.05, 4.69) is 43.5 Å². The van der Waals surface area contributed by atoms with Crippen molar-refractivity contribution in [2.24, 2.45) is 7.05 Å². The Balaban J connectivity index is 1.34. The topological polar surface area (TPSA) is 112 Å². The van der Waals surface area contributed by atoms with Crippen molar-refractivity contribution in [2.75, 3.05) is 36.6 Å². The quantitative estimate of drug-likeness (QED) is 0.154. The van der Waals surface area contributed by atoms with Gasteiger partial charge in [0.05, 0.1) is 11.7 Å². The van der Waals surface area contributed by atoms with Crippen molar-refractivity contribution in [1.82, 2.24) is 30.0 Å². The summed E-state index contributed by atoms with van der Waals surface area (Å²) in [6.45, 7) is 1.97. The van der Waals surface area contributed by atoms with E-state index in [1.165, 1.54) is 5.56 Å². The van der Waals surface area contributed by atoms with Crippen molar-refractivity contribution in [1.29, 1.82) is 0 Å². The van der Waals surface area contributed by atoms with Gasteiger partial charge >= 0.3 is 0 Å². The summed E-state index contributed by atoms with van der Waals surface area (Å²) in [5.41, 5.74) is 5.48. The van der Waals surface area contributed by atoms with E-state index >= 15 is 0 Å². The van der Waals surface area contributed by atoms with Gasteiger partial charge < -0.3 is 26.2 Å². The van der Waals surface area contributed by atoms with E-state index in [4.69, 9.17) is 4.98 Å². The summed E-state index contributed by atoms with van der Waals surface area (Å²) in [6, 6.07) is 23.8. The Morgan fingerprint density at radius 3 is 2.55 bits per heavy atom. The number of fused-ring (bicyclic) bond motifs is 1. The Bertz CT molecular complexity index is 1680. The number of carbonyl (C=O) groups excluding carboxylic acids is 1. The smallest absolute Gasteiger partial charge is 0.248 e. The van der Waals surface area contributed by atoms with Crippen LogP contribution in [0.2, 0.25) is 0 Å². The van der Waals surface area contributed by atoms with Gasteiger partial charge in [0.15, 0.2) is 0 Å². The lowest BCUT2D eigenvalue weighted by atomic mass is 10.2. The molecule has 0 radical (unpaired) electrons. The molecule has 0 saturated heterocycles. The summed E-state index contributed by atoms with van der Waals surface area (Å²) in [5.74, 6) is 0.937. The normalized spacial score (nSPS) is 11.3. The molecule has 3 aromatic carbocycles. The van der Waals surface area contributed by atoms with Crippen molar-refractivity contribution < 1.29 is 4.79 Å². The van der Waals surface area contributed by atoms with Gasteiger partial charge in [-0.1, -0.05) is 42.5 Å². The lowest BCUT2D eigenvalue weighted by Gasteiger charge is -2.15. The van der Waals surface area contributed by atoms with Crippen LogP contribution in [-0.4, -0.2) is 51.2 Å². The second kappa shape index (κ2) is 13.5. The fourth-order valence-corrected chi connectivity index (χ4v) is 4.38. The molecule has 42 heavy (non-hydrogen) atoms. The standard InChI is InChI=1S/C32H35N9O/c1-40(2)16-8-13-30(42)36-26-11-7-12-27(18-26)37-31-25(20-33-19-23-9-5-4-6-10-23)21-34-32(39-31)38-28-14-15-29-24(17-28)22-35-41(29)3/h4-15,17-18,21-22,33H,16,19-20H2,1-3H3,(H,36,42)(H2,34,37,38,39)/b13-8+. The van der Waals surface area contributed by atoms with Crippen LogP contribution >= 0.6 is 0 Å². The largest absolute Gasteiger partial charge is 0.340 e. The maximum atomic E-state index is 12.4. The highest BCUT2D eigenvalue weighted by molar-refractivity contribution is 5.99. The van der Waals surface area contributed by atoms with Crippen LogP contribution in [0.4, 0.5) is 28.8 Å². The zero-order valence-corrected chi connectivity index (χ0v) is 24.0. The molecule has 2 heterocycles. The summed E-state index contributed by atoms with van der Waals surface area (Å²) in [7, 11) is 5.83. The molecule has 5 aromatic rings. The third kappa shape index (κ3) is 7.78. The highest BCUT2D eigenvalue weighted by atomic mass is 16.1. The molecular formula is C32H35N9O. The number of aryl methyl sites for hydroxylation is 1. The van der Waals surface area contributed by atoms with Gasteiger partial charge in [-0.2, -0.15) is 10.1 Å². The fourth-order valence-electron chi connectivity index (χ4n) is 4.38. The minimum atomic E-state index is -0.182. The summed E-state index contributed by atoms with van der Waals surface area (Å²) in [5, 5.41) is 18.5. The van der Waals surface area contributed by atoms with Crippen molar-refractivity contribution in [2.45, 2.75) is 13.1 Å². The predicted octanol–water partition coefficient (Wildman–Crippen LogP) is 5.20. The molecule has 0 aliphatic rings. The first-order valence-electron chi connectivity index (χ1n) is 13.7.